The van der Waals surface area contributed by atoms with Crippen LogP contribution in [0.2, 0.25) is 0 Å². The van der Waals surface area contributed by atoms with Crippen molar-refractivity contribution in [2.24, 2.45) is 0 Å². The zero-order chi connectivity index (χ0) is 13.0. The summed E-state index contributed by atoms with van der Waals surface area (Å²) in [5, 5.41) is 0. The van der Waals surface area contributed by atoms with Gasteiger partial charge in [-0.15, -0.1) is 0 Å². The summed E-state index contributed by atoms with van der Waals surface area (Å²) in [5.74, 6) is 2.34. The van der Waals surface area contributed by atoms with E-state index in [0.717, 1.165) is 28.5 Å². The summed E-state index contributed by atoms with van der Waals surface area (Å²) in [5.41, 5.74) is 0. The van der Waals surface area contributed by atoms with Crippen LogP contribution in [0.5, 0.6) is 11.5 Å². The zero-order valence-corrected chi connectivity index (χ0v) is 12.0. The maximum atomic E-state index is 5.74. The van der Waals surface area contributed by atoms with E-state index in [2.05, 4.69) is 27.8 Å². The van der Waals surface area contributed by atoms with E-state index in [-0.39, 0.29) is 0 Å². The lowest BCUT2D eigenvalue weighted by Gasteiger charge is -2.10. The molecule has 0 N–H and O–H groups in total. The molecule has 0 radical (unpaired) electrons. The molecular formula is C13H15BrN2O2. The van der Waals surface area contributed by atoms with Gasteiger partial charge in [-0.1, -0.05) is 12.1 Å². The molecule has 1 heterocycles. The Bertz CT molecular complexity index is 525. The highest BCUT2D eigenvalue weighted by atomic mass is 79.9. The summed E-state index contributed by atoms with van der Waals surface area (Å²) >= 11 is 3.37. The lowest BCUT2D eigenvalue weighted by Crippen LogP contribution is -2.05. The Morgan fingerprint density at radius 1 is 1.28 bits per heavy atom. The van der Waals surface area contributed by atoms with E-state index < -0.39 is 0 Å². The molecule has 0 fully saturated rings. The van der Waals surface area contributed by atoms with Crippen molar-refractivity contribution in [3.8, 4) is 11.5 Å². The van der Waals surface area contributed by atoms with Crippen LogP contribution in [0.1, 0.15) is 12.7 Å². The molecule has 96 valence electrons. The second kappa shape index (κ2) is 5.91. The smallest absolute Gasteiger partial charge is 0.161 e. The standard InChI is InChI=1S/C13H15BrN2O2/c1-3-16-8-12(14)15-13(16)9-18-11-7-5-4-6-10(11)17-2/h4-8H,3,9H2,1-2H3. The van der Waals surface area contributed by atoms with Gasteiger partial charge in [0.2, 0.25) is 0 Å². The Morgan fingerprint density at radius 2 is 2.00 bits per heavy atom. The van der Waals surface area contributed by atoms with Crippen molar-refractivity contribution in [2.45, 2.75) is 20.1 Å². The van der Waals surface area contributed by atoms with E-state index in [9.17, 15) is 0 Å². The predicted octanol–water partition coefficient (Wildman–Crippen LogP) is 3.25. The summed E-state index contributed by atoms with van der Waals surface area (Å²) < 4.78 is 13.8. The molecule has 0 bridgehead atoms. The minimum atomic E-state index is 0.416. The van der Waals surface area contributed by atoms with E-state index in [0.29, 0.717) is 6.61 Å². The topological polar surface area (TPSA) is 36.3 Å². The first-order valence-electron chi connectivity index (χ1n) is 5.72. The minimum absolute atomic E-state index is 0.416. The highest BCUT2D eigenvalue weighted by molar-refractivity contribution is 9.10. The van der Waals surface area contributed by atoms with Crippen LogP contribution in [0.4, 0.5) is 0 Å². The van der Waals surface area contributed by atoms with Gasteiger partial charge in [0.1, 0.15) is 17.0 Å². The molecule has 2 aromatic rings. The zero-order valence-electron chi connectivity index (χ0n) is 10.4. The molecule has 1 aromatic carbocycles. The number of imidazole rings is 1. The van der Waals surface area contributed by atoms with Crippen LogP contribution < -0.4 is 9.47 Å². The Labute approximate surface area is 115 Å². The van der Waals surface area contributed by atoms with Gasteiger partial charge in [-0.3, -0.25) is 0 Å². The Kier molecular flexibility index (Phi) is 4.25. The third-order valence-corrected chi connectivity index (χ3v) is 2.98. The fraction of sp³-hybridized carbons (Fsp3) is 0.308. The molecule has 0 saturated heterocycles. The predicted molar refractivity (Wildman–Crippen MR) is 72.9 cm³/mol. The molecule has 0 atom stereocenters. The average Bonchev–Trinajstić information content (AvgIpc) is 2.77. The summed E-state index contributed by atoms with van der Waals surface area (Å²) in [7, 11) is 1.63. The lowest BCUT2D eigenvalue weighted by atomic mass is 10.3. The monoisotopic (exact) mass is 310 g/mol. The molecule has 0 amide bonds. The largest absolute Gasteiger partial charge is 0.493 e. The van der Waals surface area contributed by atoms with Crippen LogP contribution in [0, 0.1) is 0 Å². The van der Waals surface area contributed by atoms with Gasteiger partial charge in [-0.25, -0.2) is 4.98 Å². The molecule has 0 aliphatic heterocycles. The van der Waals surface area contributed by atoms with Crippen LogP contribution >= 0.6 is 15.9 Å². The molecule has 18 heavy (non-hydrogen) atoms. The second-order valence-electron chi connectivity index (χ2n) is 3.71. The molecule has 2 rings (SSSR count). The maximum absolute atomic E-state index is 5.74. The van der Waals surface area contributed by atoms with E-state index in [4.69, 9.17) is 9.47 Å². The van der Waals surface area contributed by atoms with Crippen molar-refractivity contribution in [3.05, 3.63) is 40.9 Å². The number of aromatic nitrogens is 2. The average molecular weight is 311 g/mol. The fourth-order valence-electron chi connectivity index (χ4n) is 1.69. The SMILES string of the molecule is CCn1cc(Br)nc1COc1ccccc1OC. The van der Waals surface area contributed by atoms with Crippen molar-refractivity contribution in [2.75, 3.05) is 7.11 Å². The van der Waals surface area contributed by atoms with Crippen LogP contribution in [0.25, 0.3) is 0 Å². The van der Waals surface area contributed by atoms with Crippen LogP contribution in [-0.4, -0.2) is 16.7 Å². The quantitative estimate of drug-likeness (QED) is 0.850. The third-order valence-electron chi connectivity index (χ3n) is 2.60. The van der Waals surface area contributed by atoms with Crippen molar-refractivity contribution >= 4 is 15.9 Å². The second-order valence-corrected chi connectivity index (χ2v) is 4.52. The van der Waals surface area contributed by atoms with Gasteiger partial charge in [-0.2, -0.15) is 0 Å². The number of nitrogens with zero attached hydrogens (tertiary/aromatic N) is 2. The minimum Gasteiger partial charge on any atom is -0.493 e. The van der Waals surface area contributed by atoms with E-state index in [1.165, 1.54) is 0 Å². The summed E-state index contributed by atoms with van der Waals surface area (Å²) in [6.07, 6.45) is 1.95. The first-order valence-corrected chi connectivity index (χ1v) is 6.51. The Balaban J connectivity index is 2.11. The number of para-hydroxylation sites is 2. The molecule has 0 unspecified atom stereocenters. The molecule has 0 aliphatic carbocycles. The van der Waals surface area contributed by atoms with E-state index >= 15 is 0 Å². The van der Waals surface area contributed by atoms with Gasteiger partial charge in [0.15, 0.2) is 11.5 Å². The number of methoxy groups -OCH3 is 1. The highest BCUT2D eigenvalue weighted by Gasteiger charge is 2.08. The van der Waals surface area contributed by atoms with E-state index in [1.807, 2.05) is 35.0 Å². The molecule has 0 saturated carbocycles. The van der Waals surface area contributed by atoms with Gasteiger partial charge < -0.3 is 14.0 Å². The first kappa shape index (κ1) is 13.0. The molecule has 0 spiro atoms. The van der Waals surface area contributed by atoms with Gasteiger partial charge >= 0.3 is 0 Å². The number of hydrogen-bond donors (Lipinski definition) is 0. The van der Waals surface area contributed by atoms with Gasteiger partial charge in [0.05, 0.1) is 7.11 Å². The number of rotatable bonds is 5. The van der Waals surface area contributed by atoms with Crippen molar-refractivity contribution < 1.29 is 9.47 Å². The van der Waals surface area contributed by atoms with Gasteiger partial charge in [0.25, 0.3) is 0 Å². The summed E-state index contributed by atoms with van der Waals surface area (Å²) in [6, 6.07) is 7.58. The molecule has 1 aromatic heterocycles. The van der Waals surface area contributed by atoms with Crippen molar-refractivity contribution in [1.29, 1.82) is 0 Å². The number of hydrogen-bond acceptors (Lipinski definition) is 3. The summed E-state index contributed by atoms with van der Waals surface area (Å²) in [6.45, 7) is 3.35. The first-order chi connectivity index (χ1) is 8.74. The highest BCUT2D eigenvalue weighted by Crippen LogP contribution is 2.26. The normalized spacial score (nSPS) is 10.4. The molecule has 5 heteroatoms. The summed E-state index contributed by atoms with van der Waals surface area (Å²) in [4.78, 5) is 4.37. The Morgan fingerprint density at radius 3 is 2.67 bits per heavy atom. The molecular weight excluding hydrogens is 296 g/mol. The third kappa shape index (κ3) is 2.85. The van der Waals surface area contributed by atoms with Crippen LogP contribution in [0.15, 0.2) is 35.1 Å². The number of benzene rings is 1. The molecule has 4 nitrogen and oxygen atoms in total. The number of aryl methyl sites for hydroxylation is 1. The maximum Gasteiger partial charge on any atom is 0.161 e. The van der Waals surface area contributed by atoms with Crippen LogP contribution in [0.3, 0.4) is 0 Å². The molecule has 0 aliphatic rings. The number of halogens is 1. The van der Waals surface area contributed by atoms with E-state index in [1.54, 1.807) is 7.11 Å². The van der Waals surface area contributed by atoms with Gasteiger partial charge in [0, 0.05) is 12.7 Å². The fourth-order valence-corrected chi connectivity index (χ4v) is 2.14. The van der Waals surface area contributed by atoms with Crippen molar-refractivity contribution in [3.63, 3.8) is 0 Å². The lowest BCUT2D eigenvalue weighted by molar-refractivity contribution is 0.271. The van der Waals surface area contributed by atoms with Gasteiger partial charge in [-0.05, 0) is 35.0 Å². The Hall–Kier alpha value is -1.49. The van der Waals surface area contributed by atoms with Crippen molar-refractivity contribution in [1.82, 2.24) is 9.55 Å². The number of ether oxygens (including phenoxy) is 2. The van der Waals surface area contributed by atoms with Crippen LogP contribution in [-0.2, 0) is 13.2 Å².